The van der Waals surface area contributed by atoms with Gasteiger partial charge in [-0.15, -0.1) is 0 Å². The standard InChI is InChI=1S/C11H16ClNO3/c1-16-11-4-2-3-10(12)9(11)5-13-8(6-14)7-15/h2-4,8,13-15H,5-7H2,1H3. The molecule has 0 unspecified atom stereocenters. The number of hydrogen-bond acceptors (Lipinski definition) is 4. The highest BCUT2D eigenvalue weighted by molar-refractivity contribution is 6.31. The lowest BCUT2D eigenvalue weighted by Gasteiger charge is -2.15. The van der Waals surface area contributed by atoms with Gasteiger partial charge in [-0.05, 0) is 12.1 Å². The van der Waals surface area contributed by atoms with E-state index in [2.05, 4.69) is 5.32 Å². The van der Waals surface area contributed by atoms with Crippen molar-refractivity contribution >= 4 is 11.6 Å². The molecule has 0 aliphatic rings. The number of methoxy groups -OCH3 is 1. The minimum atomic E-state index is -0.346. The molecule has 0 spiro atoms. The first-order chi connectivity index (χ1) is 7.72. The van der Waals surface area contributed by atoms with E-state index in [1.807, 2.05) is 6.07 Å². The topological polar surface area (TPSA) is 61.7 Å². The molecule has 0 radical (unpaired) electrons. The second-order valence-electron chi connectivity index (χ2n) is 3.36. The van der Waals surface area contributed by atoms with Crippen LogP contribution < -0.4 is 10.1 Å². The summed E-state index contributed by atoms with van der Waals surface area (Å²) in [7, 11) is 1.57. The maximum absolute atomic E-state index is 8.91. The van der Waals surface area contributed by atoms with Crippen LogP contribution in [0.15, 0.2) is 18.2 Å². The smallest absolute Gasteiger partial charge is 0.124 e. The van der Waals surface area contributed by atoms with Crippen molar-refractivity contribution in [2.45, 2.75) is 12.6 Å². The quantitative estimate of drug-likeness (QED) is 0.694. The second-order valence-corrected chi connectivity index (χ2v) is 3.77. The minimum absolute atomic E-state index is 0.122. The maximum atomic E-state index is 8.91. The van der Waals surface area contributed by atoms with Gasteiger partial charge in [0, 0.05) is 17.1 Å². The van der Waals surface area contributed by atoms with Crippen molar-refractivity contribution < 1.29 is 14.9 Å². The molecule has 0 aliphatic heterocycles. The predicted octanol–water partition coefficient (Wildman–Crippen LogP) is 0.791. The van der Waals surface area contributed by atoms with E-state index in [-0.39, 0.29) is 19.3 Å². The maximum Gasteiger partial charge on any atom is 0.124 e. The summed E-state index contributed by atoms with van der Waals surface area (Å²) in [6, 6.07) is 5.05. The molecular formula is C11H16ClNO3. The summed E-state index contributed by atoms with van der Waals surface area (Å²) in [5, 5.41) is 21.4. The molecule has 4 nitrogen and oxygen atoms in total. The molecule has 16 heavy (non-hydrogen) atoms. The molecule has 90 valence electrons. The Morgan fingerprint density at radius 1 is 1.38 bits per heavy atom. The third kappa shape index (κ3) is 3.35. The number of nitrogens with one attached hydrogen (secondary N) is 1. The zero-order valence-electron chi connectivity index (χ0n) is 9.11. The van der Waals surface area contributed by atoms with Gasteiger partial charge in [-0.3, -0.25) is 0 Å². The van der Waals surface area contributed by atoms with Crippen molar-refractivity contribution in [3.8, 4) is 5.75 Å². The SMILES string of the molecule is COc1cccc(Cl)c1CNC(CO)CO. The van der Waals surface area contributed by atoms with E-state index in [1.165, 1.54) is 0 Å². The fourth-order valence-corrected chi connectivity index (χ4v) is 1.57. The summed E-state index contributed by atoms with van der Waals surface area (Å²) < 4.78 is 5.18. The molecule has 0 fully saturated rings. The van der Waals surface area contributed by atoms with Gasteiger partial charge in [-0.2, -0.15) is 0 Å². The number of aliphatic hydroxyl groups is 2. The van der Waals surface area contributed by atoms with Crippen LogP contribution in [0.5, 0.6) is 5.75 Å². The predicted molar refractivity (Wildman–Crippen MR) is 62.8 cm³/mol. The van der Waals surface area contributed by atoms with Crippen LogP contribution in [0, 0.1) is 0 Å². The van der Waals surface area contributed by atoms with E-state index < -0.39 is 0 Å². The summed E-state index contributed by atoms with van der Waals surface area (Å²) in [5.41, 5.74) is 0.818. The van der Waals surface area contributed by atoms with Crippen LogP contribution >= 0.6 is 11.6 Å². The van der Waals surface area contributed by atoms with Gasteiger partial charge in [-0.25, -0.2) is 0 Å². The van der Waals surface area contributed by atoms with Gasteiger partial charge < -0.3 is 20.3 Å². The van der Waals surface area contributed by atoms with Crippen molar-refractivity contribution in [2.75, 3.05) is 20.3 Å². The van der Waals surface area contributed by atoms with Gasteiger partial charge in [-0.1, -0.05) is 17.7 Å². The van der Waals surface area contributed by atoms with Gasteiger partial charge in [0.2, 0.25) is 0 Å². The largest absolute Gasteiger partial charge is 0.496 e. The first kappa shape index (κ1) is 13.3. The highest BCUT2D eigenvalue weighted by Crippen LogP contribution is 2.25. The Balaban J connectivity index is 2.72. The Bertz CT molecular complexity index is 329. The first-order valence-corrected chi connectivity index (χ1v) is 5.37. The molecule has 0 atom stereocenters. The molecule has 0 saturated heterocycles. The van der Waals surface area contributed by atoms with Gasteiger partial charge >= 0.3 is 0 Å². The number of rotatable bonds is 6. The van der Waals surface area contributed by atoms with Gasteiger partial charge in [0.05, 0.1) is 26.4 Å². The van der Waals surface area contributed by atoms with E-state index in [4.69, 9.17) is 26.6 Å². The average Bonchev–Trinajstić information content (AvgIpc) is 2.31. The van der Waals surface area contributed by atoms with Crippen LogP contribution in [0.2, 0.25) is 5.02 Å². The molecule has 0 aromatic heterocycles. The molecule has 3 N–H and O–H groups in total. The van der Waals surface area contributed by atoms with Crippen molar-refractivity contribution in [1.82, 2.24) is 5.32 Å². The second kappa shape index (κ2) is 6.70. The van der Waals surface area contributed by atoms with Crippen LogP contribution in [-0.4, -0.2) is 36.6 Å². The molecular weight excluding hydrogens is 230 g/mol. The zero-order chi connectivity index (χ0) is 12.0. The Kier molecular flexibility index (Phi) is 5.55. The Hall–Kier alpha value is -0.810. The number of halogens is 1. The van der Waals surface area contributed by atoms with Crippen molar-refractivity contribution in [3.63, 3.8) is 0 Å². The van der Waals surface area contributed by atoms with E-state index in [1.54, 1.807) is 19.2 Å². The highest BCUT2D eigenvalue weighted by Gasteiger charge is 2.10. The molecule has 1 aromatic rings. The Morgan fingerprint density at radius 3 is 2.62 bits per heavy atom. The van der Waals surface area contributed by atoms with Crippen LogP contribution in [0.3, 0.4) is 0 Å². The highest BCUT2D eigenvalue weighted by atomic mass is 35.5. The van der Waals surface area contributed by atoms with Crippen LogP contribution in [-0.2, 0) is 6.54 Å². The molecule has 0 bridgehead atoms. The summed E-state index contributed by atoms with van der Waals surface area (Å²) in [5.74, 6) is 0.689. The summed E-state index contributed by atoms with van der Waals surface area (Å²) in [6.45, 7) is 0.196. The third-order valence-corrected chi connectivity index (χ3v) is 2.66. The van der Waals surface area contributed by atoms with Gasteiger partial charge in [0.15, 0.2) is 0 Å². The van der Waals surface area contributed by atoms with Gasteiger partial charge in [0.25, 0.3) is 0 Å². The van der Waals surface area contributed by atoms with Crippen LogP contribution in [0.4, 0.5) is 0 Å². The lowest BCUT2D eigenvalue weighted by Crippen LogP contribution is -2.35. The summed E-state index contributed by atoms with van der Waals surface area (Å²) >= 11 is 6.03. The number of benzene rings is 1. The fourth-order valence-electron chi connectivity index (χ4n) is 1.33. The average molecular weight is 246 g/mol. The lowest BCUT2D eigenvalue weighted by atomic mass is 10.2. The number of hydrogen-bond donors (Lipinski definition) is 3. The zero-order valence-corrected chi connectivity index (χ0v) is 9.87. The molecule has 0 aliphatic carbocycles. The first-order valence-electron chi connectivity index (χ1n) is 4.99. The number of ether oxygens (including phenoxy) is 1. The third-order valence-electron chi connectivity index (χ3n) is 2.30. The van der Waals surface area contributed by atoms with E-state index in [0.29, 0.717) is 17.3 Å². The minimum Gasteiger partial charge on any atom is -0.496 e. The van der Waals surface area contributed by atoms with E-state index in [0.717, 1.165) is 5.56 Å². The monoisotopic (exact) mass is 245 g/mol. The molecule has 5 heteroatoms. The normalized spacial score (nSPS) is 10.8. The van der Waals surface area contributed by atoms with E-state index in [9.17, 15) is 0 Å². The number of aliphatic hydroxyl groups excluding tert-OH is 2. The van der Waals surface area contributed by atoms with Gasteiger partial charge in [0.1, 0.15) is 5.75 Å². The molecule has 0 heterocycles. The molecule has 1 rings (SSSR count). The van der Waals surface area contributed by atoms with Crippen molar-refractivity contribution in [2.24, 2.45) is 0 Å². The summed E-state index contributed by atoms with van der Waals surface area (Å²) in [6.07, 6.45) is 0. The fraction of sp³-hybridized carbons (Fsp3) is 0.455. The van der Waals surface area contributed by atoms with E-state index >= 15 is 0 Å². The lowest BCUT2D eigenvalue weighted by molar-refractivity contribution is 0.170. The van der Waals surface area contributed by atoms with Crippen molar-refractivity contribution in [3.05, 3.63) is 28.8 Å². The van der Waals surface area contributed by atoms with Crippen LogP contribution in [0.1, 0.15) is 5.56 Å². The Morgan fingerprint density at radius 2 is 2.06 bits per heavy atom. The Labute approximate surface area is 99.8 Å². The molecule has 1 aromatic carbocycles. The molecule has 0 amide bonds. The van der Waals surface area contributed by atoms with Crippen molar-refractivity contribution in [1.29, 1.82) is 0 Å². The molecule has 0 saturated carbocycles. The summed E-state index contributed by atoms with van der Waals surface area (Å²) in [4.78, 5) is 0. The van der Waals surface area contributed by atoms with Crippen LogP contribution in [0.25, 0.3) is 0 Å².